The third kappa shape index (κ3) is 1.63. The van der Waals surface area contributed by atoms with E-state index >= 15 is 0 Å². The van der Waals surface area contributed by atoms with Gasteiger partial charge in [0, 0.05) is 25.2 Å². The molecule has 1 heterocycles. The number of likely N-dealkylation sites (N-methyl/N-ethyl adjacent to an activating group) is 1. The summed E-state index contributed by atoms with van der Waals surface area (Å²) in [5, 5.41) is 8.67. The molecule has 62 valence electrons. The molecular formula is C8H15N3. The Morgan fingerprint density at radius 2 is 1.73 bits per heavy atom. The van der Waals surface area contributed by atoms with E-state index in [4.69, 9.17) is 5.26 Å². The molecule has 0 aromatic rings. The van der Waals surface area contributed by atoms with Crippen LogP contribution in [0.25, 0.3) is 0 Å². The highest BCUT2D eigenvalue weighted by atomic mass is 15.3. The predicted molar refractivity (Wildman–Crippen MR) is 43.9 cm³/mol. The summed E-state index contributed by atoms with van der Waals surface area (Å²) in [4.78, 5) is 4.14. The van der Waals surface area contributed by atoms with Crippen molar-refractivity contribution < 1.29 is 0 Å². The minimum Gasteiger partial charge on any atom is -0.308 e. The van der Waals surface area contributed by atoms with Gasteiger partial charge in [-0.1, -0.05) is 0 Å². The first-order chi connectivity index (χ1) is 5.15. The van der Waals surface area contributed by atoms with Crippen molar-refractivity contribution in [2.24, 2.45) is 0 Å². The zero-order valence-corrected chi connectivity index (χ0v) is 7.41. The molecule has 11 heavy (non-hydrogen) atoms. The van der Waals surface area contributed by atoms with Crippen LogP contribution in [0.15, 0.2) is 0 Å². The minimum absolute atomic E-state index is 0.499. The van der Waals surface area contributed by atoms with Gasteiger partial charge in [-0.2, -0.15) is 5.26 Å². The average molecular weight is 153 g/mol. The first kappa shape index (κ1) is 8.35. The number of nitrogens with zero attached hydrogens (tertiary/aromatic N) is 3. The van der Waals surface area contributed by atoms with Crippen molar-refractivity contribution in [2.45, 2.75) is 25.9 Å². The van der Waals surface area contributed by atoms with Crippen LogP contribution in [0.2, 0.25) is 0 Å². The number of nitriles is 1. The third-order valence-corrected chi connectivity index (χ3v) is 2.50. The summed E-state index contributed by atoms with van der Waals surface area (Å²) in [7, 11) is 2.12. The molecule has 3 heteroatoms. The van der Waals surface area contributed by atoms with Crippen molar-refractivity contribution in [3.63, 3.8) is 0 Å². The monoisotopic (exact) mass is 153 g/mol. The summed E-state index contributed by atoms with van der Waals surface area (Å²) in [6.45, 7) is 6.05. The van der Waals surface area contributed by atoms with Gasteiger partial charge in [-0.15, -0.1) is 0 Å². The lowest BCUT2D eigenvalue weighted by atomic mass is 10.1. The highest BCUT2D eigenvalue weighted by molar-refractivity contribution is 4.88. The Morgan fingerprint density at radius 1 is 1.27 bits per heavy atom. The van der Waals surface area contributed by atoms with Gasteiger partial charge in [0.15, 0.2) is 6.19 Å². The molecule has 1 aliphatic rings. The highest BCUT2D eigenvalue weighted by Gasteiger charge is 2.25. The molecule has 3 nitrogen and oxygen atoms in total. The van der Waals surface area contributed by atoms with Crippen LogP contribution in [-0.2, 0) is 0 Å². The lowest BCUT2D eigenvalue weighted by Gasteiger charge is -2.39. The van der Waals surface area contributed by atoms with Gasteiger partial charge in [0.25, 0.3) is 0 Å². The summed E-state index contributed by atoms with van der Waals surface area (Å²) in [5.41, 5.74) is 0. The molecule has 1 rings (SSSR count). The molecule has 1 aliphatic heterocycles. The van der Waals surface area contributed by atoms with Crippen LogP contribution in [0.5, 0.6) is 0 Å². The van der Waals surface area contributed by atoms with Crippen LogP contribution in [0.1, 0.15) is 13.8 Å². The Bertz CT molecular complexity index is 161. The standard InChI is InChI=1S/C8H15N3/c1-7-4-11(6-9)5-8(2)10(7)3/h7-8H,4-5H2,1-3H3. The van der Waals surface area contributed by atoms with Gasteiger partial charge in [-0.3, -0.25) is 4.90 Å². The molecule has 0 aromatic carbocycles. The van der Waals surface area contributed by atoms with Crippen molar-refractivity contribution in [3.8, 4) is 6.19 Å². The predicted octanol–water partition coefficient (Wildman–Crippen LogP) is 0.492. The summed E-state index contributed by atoms with van der Waals surface area (Å²) in [6.07, 6.45) is 2.19. The molecule has 0 N–H and O–H groups in total. The van der Waals surface area contributed by atoms with E-state index < -0.39 is 0 Å². The molecule has 0 aromatic heterocycles. The smallest absolute Gasteiger partial charge is 0.179 e. The fourth-order valence-corrected chi connectivity index (χ4v) is 1.49. The van der Waals surface area contributed by atoms with Gasteiger partial charge < -0.3 is 4.90 Å². The zero-order valence-electron chi connectivity index (χ0n) is 7.41. The molecule has 0 radical (unpaired) electrons. The van der Waals surface area contributed by atoms with Gasteiger partial charge in [-0.25, -0.2) is 0 Å². The van der Waals surface area contributed by atoms with Crippen LogP contribution in [0.4, 0.5) is 0 Å². The van der Waals surface area contributed by atoms with E-state index in [0.717, 1.165) is 13.1 Å². The maximum Gasteiger partial charge on any atom is 0.179 e. The normalized spacial score (nSPS) is 33.5. The van der Waals surface area contributed by atoms with E-state index in [-0.39, 0.29) is 0 Å². The second kappa shape index (κ2) is 3.10. The summed E-state index contributed by atoms with van der Waals surface area (Å²) < 4.78 is 0. The van der Waals surface area contributed by atoms with Crippen molar-refractivity contribution in [3.05, 3.63) is 0 Å². The van der Waals surface area contributed by atoms with Gasteiger partial charge in [0.05, 0.1) is 0 Å². The third-order valence-electron chi connectivity index (χ3n) is 2.50. The summed E-state index contributed by atoms with van der Waals surface area (Å²) in [5.74, 6) is 0. The van der Waals surface area contributed by atoms with E-state index in [2.05, 4.69) is 32.0 Å². The maximum atomic E-state index is 8.67. The van der Waals surface area contributed by atoms with Gasteiger partial charge in [-0.05, 0) is 20.9 Å². The van der Waals surface area contributed by atoms with Crippen LogP contribution in [0.3, 0.4) is 0 Å². The number of hydrogen-bond donors (Lipinski definition) is 0. The molecular weight excluding hydrogens is 138 g/mol. The minimum atomic E-state index is 0.499. The zero-order chi connectivity index (χ0) is 8.43. The van der Waals surface area contributed by atoms with E-state index in [1.807, 2.05) is 4.90 Å². The van der Waals surface area contributed by atoms with Crippen molar-refractivity contribution >= 4 is 0 Å². The van der Waals surface area contributed by atoms with Gasteiger partial charge in [0.1, 0.15) is 0 Å². The molecule has 0 spiro atoms. The second-order valence-electron chi connectivity index (χ2n) is 3.37. The highest BCUT2D eigenvalue weighted by Crippen LogP contribution is 2.11. The Kier molecular flexibility index (Phi) is 2.35. The second-order valence-corrected chi connectivity index (χ2v) is 3.37. The van der Waals surface area contributed by atoms with E-state index in [1.54, 1.807) is 0 Å². The largest absolute Gasteiger partial charge is 0.308 e. The first-order valence-corrected chi connectivity index (χ1v) is 4.01. The lowest BCUT2D eigenvalue weighted by Crippen LogP contribution is -2.53. The van der Waals surface area contributed by atoms with E-state index in [9.17, 15) is 0 Å². The SMILES string of the molecule is CC1CN(C#N)CC(C)N1C. The van der Waals surface area contributed by atoms with Crippen LogP contribution < -0.4 is 0 Å². The van der Waals surface area contributed by atoms with Crippen molar-refractivity contribution in [1.29, 1.82) is 5.26 Å². The first-order valence-electron chi connectivity index (χ1n) is 4.01. The van der Waals surface area contributed by atoms with E-state index in [0.29, 0.717) is 12.1 Å². The van der Waals surface area contributed by atoms with Gasteiger partial charge in [0.2, 0.25) is 0 Å². The van der Waals surface area contributed by atoms with Crippen LogP contribution in [-0.4, -0.2) is 42.0 Å². The number of hydrogen-bond acceptors (Lipinski definition) is 3. The van der Waals surface area contributed by atoms with Crippen molar-refractivity contribution in [2.75, 3.05) is 20.1 Å². The topological polar surface area (TPSA) is 30.3 Å². The van der Waals surface area contributed by atoms with Crippen LogP contribution in [0, 0.1) is 11.5 Å². The molecule has 1 saturated heterocycles. The quantitative estimate of drug-likeness (QED) is 0.474. The van der Waals surface area contributed by atoms with Crippen LogP contribution >= 0.6 is 0 Å². The molecule has 0 saturated carbocycles. The lowest BCUT2D eigenvalue weighted by molar-refractivity contribution is 0.0921. The molecule has 0 amide bonds. The van der Waals surface area contributed by atoms with E-state index in [1.165, 1.54) is 0 Å². The average Bonchev–Trinajstić information content (AvgIpc) is 1.99. The Morgan fingerprint density at radius 3 is 2.09 bits per heavy atom. The Balaban J connectivity index is 2.56. The number of rotatable bonds is 0. The fourth-order valence-electron chi connectivity index (χ4n) is 1.49. The van der Waals surface area contributed by atoms with Crippen molar-refractivity contribution in [1.82, 2.24) is 9.80 Å². The summed E-state index contributed by atoms with van der Waals surface area (Å²) >= 11 is 0. The Labute approximate surface area is 68.2 Å². The molecule has 0 aliphatic carbocycles. The fraction of sp³-hybridized carbons (Fsp3) is 0.875. The number of piperazine rings is 1. The molecule has 0 bridgehead atoms. The van der Waals surface area contributed by atoms with Gasteiger partial charge >= 0.3 is 0 Å². The Hall–Kier alpha value is -0.750. The molecule has 1 fully saturated rings. The molecule has 2 unspecified atom stereocenters. The maximum absolute atomic E-state index is 8.67. The molecule has 2 atom stereocenters. The summed E-state index contributed by atoms with van der Waals surface area (Å²) in [6, 6.07) is 0.997.